The van der Waals surface area contributed by atoms with Crippen molar-refractivity contribution in [1.82, 2.24) is 0 Å². The normalized spacial score (nSPS) is 12.2. The van der Waals surface area contributed by atoms with Crippen molar-refractivity contribution in [3.05, 3.63) is 23.8 Å². The van der Waals surface area contributed by atoms with E-state index in [-0.39, 0.29) is 0 Å². The molecule has 4 nitrogen and oxygen atoms in total. The van der Waals surface area contributed by atoms with E-state index in [1.54, 1.807) is 27.2 Å². The molecule has 1 N–H and O–H groups in total. The van der Waals surface area contributed by atoms with Gasteiger partial charge in [-0.3, -0.25) is 0 Å². The predicted molar refractivity (Wildman–Crippen MR) is 65.6 cm³/mol. The van der Waals surface area contributed by atoms with Crippen molar-refractivity contribution in [2.45, 2.75) is 19.4 Å². The first-order valence-electron chi connectivity index (χ1n) is 5.66. The Morgan fingerprint density at radius 3 is 2.53 bits per heavy atom. The van der Waals surface area contributed by atoms with E-state index < -0.39 is 6.10 Å². The molecular weight excluding hydrogens is 220 g/mol. The summed E-state index contributed by atoms with van der Waals surface area (Å²) in [6.07, 6.45) is 0.323. The Bertz CT molecular complexity index is 336. The van der Waals surface area contributed by atoms with Crippen LogP contribution < -0.4 is 9.47 Å². The highest BCUT2D eigenvalue weighted by Gasteiger charge is 2.08. The van der Waals surface area contributed by atoms with E-state index in [4.69, 9.17) is 14.2 Å². The van der Waals surface area contributed by atoms with Crippen LogP contribution >= 0.6 is 0 Å². The van der Waals surface area contributed by atoms with Gasteiger partial charge in [0, 0.05) is 20.1 Å². The van der Waals surface area contributed by atoms with Gasteiger partial charge in [0.2, 0.25) is 0 Å². The van der Waals surface area contributed by atoms with E-state index in [0.29, 0.717) is 24.7 Å². The number of methoxy groups -OCH3 is 2. The van der Waals surface area contributed by atoms with Crippen molar-refractivity contribution in [3.63, 3.8) is 0 Å². The molecule has 1 aromatic rings. The molecule has 0 aliphatic rings. The standard InChI is InChI=1S/C13H20O4/c1-10(14)11-5-6-12(13(9-11)16-3)17-8-4-7-15-2/h5-6,9-10,14H,4,7-8H2,1-3H3/t10-/m0/s1. The minimum Gasteiger partial charge on any atom is -0.493 e. The Morgan fingerprint density at radius 1 is 1.18 bits per heavy atom. The number of benzene rings is 1. The van der Waals surface area contributed by atoms with Crippen molar-refractivity contribution in [2.75, 3.05) is 27.4 Å². The number of ether oxygens (including phenoxy) is 3. The SMILES string of the molecule is COCCCOc1ccc([C@H](C)O)cc1OC. The highest BCUT2D eigenvalue weighted by Crippen LogP contribution is 2.30. The van der Waals surface area contributed by atoms with E-state index in [2.05, 4.69) is 0 Å². The van der Waals surface area contributed by atoms with Crippen molar-refractivity contribution < 1.29 is 19.3 Å². The fraction of sp³-hybridized carbons (Fsp3) is 0.538. The lowest BCUT2D eigenvalue weighted by Gasteiger charge is -2.13. The molecule has 0 saturated carbocycles. The summed E-state index contributed by atoms with van der Waals surface area (Å²) in [4.78, 5) is 0. The van der Waals surface area contributed by atoms with Crippen LogP contribution in [0.2, 0.25) is 0 Å². The van der Waals surface area contributed by atoms with Gasteiger partial charge in [0.05, 0.1) is 19.8 Å². The number of aliphatic hydroxyl groups is 1. The van der Waals surface area contributed by atoms with E-state index in [1.165, 1.54) is 0 Å². The lowest BCUT2D eigenvalue weighted by Crippen LogP contribution is -2.03. The summed E-state index contributed by atoms with van der Waals surface area (Å²) in [7, 11) is 3.25. The maximum atomic E-state index is 9.47. The third-order valence-corrected chi connectivity index (χ3v) is 2.42. The molecule has 0 aliphatic carbocycles. The minimum atomic E-state index is -0.508. The maximum Gasteiger partial charge on any atom is 0.161 e. The van der Waals surface area contributed by atoms with Gasteiger partial charge in [-0.25, -0.2) is 0 Å². The molecule has 0 spiro atoms. The molecule has 0 aromatic heterocycles. The third-order valence-electron chi connectivity index (χ3n) is 2.42. The van der Waals surface area contributed by atoms with Crippen molar-refractivity contribution in [3.8, 4) is 11.5 Å². The topological polar surface area (TPSA) is 47.9 Å². The zero-order valence-corrected chi connectivity index (χ0v) is 10.6. The Morgan fingerprint density at radius 2 is 1.94 bits per heavy atom. The number of rotatable bonds is 7. The molecular formula is C13H20O4. The Balaban J connectivity index is 2.65. The third kappa shape index (κ3) is 4.24. The average Bonchev–Trinajstić information content (AvgIpc) is 2.34. The van der Waals surface area contributed by atoms with Crippen molar-refractivity contribution in [2.24, 2.45) is 0 Å². The maximum absolute atomic E-state index is 9.47. The molecule has 0 radical (unpaired) electrons. The second kappa shape index (κ2) is 7.14. The molecule has 17 heavy (non-hydrogen) atoms. The first-order valence-corrected chi connectivity index (χ1v) is 5.66. The van der Waals surface area contributed by atoms with E-state index in [0.717, 1.165) is 12.0 Å². The second-order valence-electron chi connectivity index (χ2n) is 3.78. The van der Waals surface area contributed by atoms with Gasteiger partial charge < -0.3 is 19.3 Å². The van der Waals surface area contributed by atoms with Gasteiger partial charge >= 0.3 is 0 Å². The van der Waals surface area contributed by atoms with Gasteiger partial charge in [-0.2, -0.15) is 0 Å². The molecule has 1 rings (SSSR count). The van der Waals surface area contributed by atoms with E-state index in [1.807, 2.05) is 12.1 Å². The molecule has 96 valence electrons. The minimum absolute atomic E-state index is 0.508. The quantitative estimate of drug-likeness (QED) is 0.742. The largest absolute Gasteiger partial charge is 0.493 e. The highest BCUT2D eigenvalue weighted by molar-refractivity contribution is 5.43. The van der Waals surface area contributed by atoms with Crippen LogP contribution in [-0.2, 0) is 4.74 Å². The summed E-state index contributed by atoms with van der Waals surface area (Å²) in [5.74, 6) is 1.33. The van der Waals surface area contributed by atoms with Crippen LogP contribution in [0.3, 0.4) is 0 Å². The molecule has 0 saturated heterocycles. The van der Waals surface area contributed by atoms with Crippen LogP contribution in [0.4, 0.5) is 0 Å². The van der Waals surface area contributed by atoms with Crippen LogP contribution in [0, 0.1) is 0 Å². The van der Waals surface area contributed by atoms with Gasteiger partial charge in [0.25, 0.3) is 0 Å². The molecule has 0 unspecified atom stereocenters. The average molecular weight is 240 g/mol. The Kier molecular flexibility index (Phi) is 5.80. The van der Waals surface area contributed by atoms with Crippen LogP contribution in [-0.4, -0.2) is 32.5 Å². The fourth-order valence-electron chi connectivity index (χ4n) is 1.45. The van der Waals surface area contributed by atoms with Gasteiger partial charge in [0.15, 0.2) is 11.5 Å². The van der Waals surface area contributed by atoms with Gasteiger partial charge in [-0.15, -0.1) is 0 Å². The molecule has 0 bridgehead atoms. The number of hydrogen-bond acceptors (Lipinski definition) is 4. The second-order valence-corrected chi connectivity index (χ2v) is 3.78. The molecule has 1 aromatic carbocycles. The zero-order valence-electron chi connectivity index (χ0n) is 10.6. The van der Waals surface area contributed by atoms with Crippen LogP contribution in [0.1, 0.15) is 25.0 Å². The molecule has 0 amide bonds. The van der Waals surface area contributed by atoms with Crippen molar-refractivity contribution >= 4 is 0 Å². The summed E-state index contributed by atoms with van der Waals surface area (Å²) >= 11 is 0. The number of aliphatic hydroxyl groups excluding tert-OH is 1. The molecule has 4 heteroatoms. The first-order chi connectivity index (χ1) is 8.19. The molecule has 0 heterocycles. The lowest BCUT2D eigenvalue weighted by molar-refractivity contribution is 0.170. The van der Waals surface area contributed by atoms with Crippen LogP contribution in [0.15, 0.2) is 18.2 Å². The van der Waals surface area contributed by atoms with Gasteiger partial charge in [0.1, 0.15) is 0 Å². The summed E-state index contributed by atoms with van der Waals surface area (Å²) in [5.41, 5.74) is 0.811. The van der Waals surface area contributed by atoms with Gasteiger partial charge in [-0.1, -0.05) is 6.07 Å². The monoisotopic (exact) mass is 240 g/mol. The molecule has 0 aliphatic heterocycles. The highest BCUT2D eigenvalue weighted by atomic mass is 16.5. The van der Waals surface area contributed by atoms with E-state index >= 15 is 0 Å². The summed E-state index contributed by atoms with van der Waals surface area (Å²) in [6, 6.07) is 5.43. The van der Waals surface area contributed by atoms with Crippen LogP contribution in [0.5, 0.6) is 11.5 Å². The fourth-order valence-corrected chi connectivity index (χ4v) is 1.45. The predicted octanol–water partition coefficient (Wildman–Crippen LogP) is 2.16. The molecule has 1 atom stereocenters. The summed E-state index contributed by atoms with van der Waals surface area (Å²) in [5, 5.41) is 9.47. The van der Waals surface area contributed by atoms with Gasteiger partial charge in [-0.05, 0) is 24.6 Å². The number of hydrogen-bond donors (Lipinski definition) is 1. The Hall–Kier alpha value is -1.26. The van der Waals surface area contributed by atoms with E-state index in [9.17, 15) is 5.11 Å². The van der Waals surface area contributed by atoms with Crippen molar-refractivity contribution in [1.29, 1.82) is 0 Å². The lowest BCUT2D eigenvalue weighted by atomic mass is 10.1. The smallest absolute Gasteiger partial charge is 0.161 e. The summed E-state index contributed by atoms with van der Waals surface area (Å²) in [6.45, 7) is 2.97. The zero-order chi connectivity index (χ0) is 12.7. The first kappa shape index (κ1) is 13.8. The Labute approximate surface area is 102 Å². The van der Waals surface area contributed by atoms with Crippen LogP contribution in [0.25, 0.3) is 0 Å². The summed E-state index contributed by atoms with van der Waals surface area (Å²) < 4.78 is 15.7. The molecule has 0 fully saturated rings.